The van der Waals surface area contributed by atoms with Crippen LogP contribution in [0.4, 0.5) is 22.9 Å². The van der Waals surface area contributed by atoms with E-state index in [0.717, 1.165) is 37.5 Å². The van der Waals surface area contributed by atoms with Crippen molar-refractivity contribution in [2.24, 2.45) is 36.1 Å². The number of anilines is 4. The van der Waals surface area contributed by atoms with Crippen molar-refractivity contribution in [1.29, 1.82) is 0 Å². The Morgan fingerprint density at radius 1 is 0.855 bits per heavy atom. The largest absolute Gasteiger partial charge is 0.502 e. The maximum absolute atomic E-state index is 15.4. The fraction of sp³-hybridized carbons (Fsp3) is 0.271. The van der Waals surface area contributed by atoms with Crippen molar-refractivity contribution >= 4 is 79.5 Å². The molecule has 0 radical (unpaired) electrons. The molecule has 2 aliphatic heterocycles. The summed E-state index contributed by atoms with van der Waals surface area (Å²) in [5, 5.41) is 20.8. The molecule has 14 heteroatoms. The summed E-state index contributed by atoms with van der Waals surface area (Å²) in [5.74, 6) is -4.75. The standard InChI is InChI=1S/C48H42ClN5O7S/c1-24-32-21-26(49)11-18-38(32)62-43(24)35-23-39(52(3)51-35)54-45(57)34-22-33-30(41(48(34,2)47(54)59)25-19-36(60-4)42(55)37(20-25)61-5)16-17-31-40(33)46(58)53(44(31)56)29-14-12-28(13-15-29)50-27-9-7-6-8-10-27/h6-16,18-21,23,31,33-34,40-41,50,55H,17,22H2,1-5H3/t31-,33+,34-,40-,41-,48+/m0/s1. The van der Waals surface area contributed by atoms with E-state index in [1.807, 2.05) is 80.6 Å². The third-order valence-corrected chi connectivity index (χ3v) is 15.0. The molecule has 0 bridgehead atoms. The molecular formula is C48H42ClN5O7S. The van der Waals surface area contributed by atoms with Gasteiger partial charge in [-0.25, -0.2) is 4.90 Å². The lowest BCUT2D eigenvalue weighted by molar-refractivity contribution is -0.131. The average Bonchev–Trinajstić information content (AvgIpc) is 3.94. The van der Waals surface area contributed by atoms with Gasteiger partial charge in [-0.2, -0.15) is 5.10 Å². The van der Waals surface area contributed by atoms with E-state index < -0.39 is 46.8 Å². The number of imide groups is 2. The Balaban J connectivity index is 1.05. The van der Waals surface area contributed by atoms with Gasteiger partial charge in [0.2, 0.25) is 29.4 Å². The number of halogens is 1. The lowest BCUT2D eigenvalue weighted by Gasteiger charge is -2.49. The highest BCUT2D eigenvalue weighted by Crippen LogP contribution is 2.64. The van der Waals surface area contributed by atoms with Crippen LogP contribution in [-0.4, -0.2) is 52.7 Å². The Hall–Kier alpha value is -6.44. The summed E-state index contributed by atoms with van der Waals surface area (Å²) < 4.78 is 13.8. The van der Waals surface area contributed by atoms with E-state index in [1.165, 1.54) is 24.0 Å². The molecule has 314 valence electrons. The molecule has 12 nitrogen and oxygen atoms in total. The Morgan fingerprint density at radius 3 is 2.24 bits per heavy atom. The highest BCUT2D eigenvalue weighted by Gasteiger charge is 2.68. The number of allylic oxidation sites excluding steroid dienone is 2. The van der Waals surface area contributed by atoms with Crippen LogP contribution in [0.3, 0.4) is 0 Å². The van der Waals surface area contributed by atoms with Gasteiger partial charge in [-0.1, -0.05) is 41.4 Å². The third kappa shape index (κ3) is 5.81. The molecule has 4 aromatic carbocycles. The number of fused-ring (bicyclic) bond motifs is 5. The molecule has 2 saturated heterocycles. The molecule has 3 fully saturated rings. The monoisotopic (exact) mass is 867 g/mol. The summed E-state index contributed by atoms with van der Waals surface area (Å²) >= 11 is 7.91. The van der Waals surface area contributed by atoms with E-state index in [4.69, 9.17) is 26.2 Å². The van der Waals surface area contributed by atoms with Crippen molar-refractivity contribution in [3.05, 3.63) is 119 Å². The van der Waals surface area contributed by atoms with Crippen LogP contribution in [0.15, 0.2) is 103 Å². The van der Waals surface area contributed by atoms with Gasteiger partial charge in [-0.05, 0) is 116 Å². The van der Waals surface area contributed by atoms with Crippen LogP contribution in [0.2, 0.25) is 5.02 Å². The number of aromatic hydroxyl groups is 1. The van der Waals surface area contributed by atoms with Crippen LogP contribution >= 0.6 is 22.9 Å². The second-order valence-electron chi connectivity index (χ2n) is 16.7. The normalized spacial score (nSPS) is 24.3. The number of methoxy groups -OCH3 is 2. The minimum absolute atomic E-state index is 0.129. The molecule has 2 aliphatic carbocycles. The number of para-hydroxylation sites is 1. The number of nitrogens with one attached hydrogen (secondary N) is 1. The minimum Gasteiger partial charge on any atom is -0.502 e. The molecular weight excluding hydrogens is 826 g/mol. The number of aromatic nitrogens is 2. The number of hydrogen-bond donors (Lipinski definition) is 2. The number of phenolic OH excluding ortho intramolecular Hbond substituents is 1. The Bertz CT molecular complexity index is 2880. The van der Waals surface area contributed by atoms with Crippen LogP contribution in [0.1, 0.15) is 36.8 Å². The molecule has 0 unspecified atom stereocenters. The first-order valence-corrected chi connectivity index (χ1v) is 21.6. The number of rotatable bonds is 8. The van der Waals surface area contributed by atoms with Gasteiger partial charge in [-0.15, -0.1) is 11.3 Å². The van der Waals surface area contributed by atoms with Crippen molar-refractivity contribution in [1.82, 2.24) is 9.78 Å². The number of phenols is 1. The quantitative estimate of drug-likeness (QED) is 0.113. The molecule has 4 heterocycles. The van der Waals surface area contributed by atoms with Crippen molar-refractivity contribution < 1.29 is 33.8 Å². The zero-order valence-electron chi connectivity index (χ0n) is 34.5. The Morgan fingerprint density at radius 2 is 1.55 bits per heavy atom. The smallest absolute Gasteiger partial charge is 0.242 e. The van der Waals surface area contributed by atoms with Crippen molar-refractivity contribution in [2.45, 2.75) is 32.6 Å². The second-order valence-corrected chi connectivity index (χ2v) is 18.2. The molecule has 62 heavy (non-hydrogen) atoms. The predicted molar refractivity (Wildman–Crippen MR) is 238 cm³/mol. The summed E-state index contributed by atoms with van der Waals surface area (Å²) in [4.78, 5) is 63.0. The summed E-state index contributed by atoms with van der Waals surface area (Å²) in [6, 6.07) is 27.7. The minimum atomic E-state index is -1.36. The van der Waals surface area contributed by atoms with Gasteiger partial charge in [-0.3, -0.25) is 28.8 Å². The number of carbonyl (C=O) groups is 4. The van der Waals surface area contributed by atoms with Gasteiger partial charge < -0.3 is 19.9 Å². The second kappa shape index (κ2) is 14.6. The SMILES string of the molecule is COc1cc([C@H]2C3=CC[C@@H]4C(=O)N(c5ccc(Nc6ccccc6)cc5)C(=O)[C@@H]4[C@@H]3C[C@H]3C(=O)N(c4cc(-c5sc6ccc(Cl)cc6c5C)nn4C)C(=O)[C@@]23C)cc(OC)c1O. The highest BCUT2D eigenvalue weighted by molar-refractivity contribution is 7.22. The average molecular weight is 868 g/mol. The number of benzene rings is 4. The van der Waals surface area contributed by atoms with Crippen molar-refractivity contribution in [2.75, 3.05) is 29.3 Å². The van der Waals surface area contributed by atoms with Crippen LogP contribution in [-0.2, 0) is 26.2 Å². The van der Waals surface area contributed by atoms with Crippen molar-refractivity contribution in [3.63, 3.8) is 0 Å². The maximum Gasteiger partial charge on any atom is 0.242 e. The molecule has 2 aromatic heterocycles. The number of hydrogen-bond acceptors (Lipinski definition) is 10. The van der Waals surface area contributed by atoms with Gasteiger partial charge in [0.15, 0.2) is 11.5 Å². The van der Waals surface area contributed by atoms with Crippen molar-refractivity contribution in [3.8, 4) is 27.8 Å². The fourth-order valence-electron chi connectivity index (χ4n) is 10.5. The Kier molecular flexibility index (Phi) is 9.34. The van der Waals surface area contributed by atoms with Crippen LogP contribution in [0.25, 0.3) is 20.7 Å². The van der Waals surface area contributed by atoms with E-state index in [1.54, 1.807) is 53.4 Å². The molecule has 1 saturated carbocycles. The number of ether oxygens (including phenoxy) is 2. The first-order valence-electron chi connectivity index (χ1n) is 20.4. The van der Waals surface area contributed by atoms with Gasteiger partial charge in [0.25, 0.3) is 0 Å². The molecule has 2 N–H and O–H groups in total. The first-order chi connectivity index (χ1) is 29.8. The van der Waals surface area contributed by atoms with E-state index >= 15 is 9.59 Å². The van der Waals surface area contributed by atoms with Gasteiger partial charge in [0.05, 0.1) is 48.0 Å². The van der Waals surface area contributed by atoms with Crippen LogP contribution in [0.5, 0.6) is 17.2 Å². The molecule has 6 aromatic rings. The molecule has 4 amide bonds. The highest BCUT2D eigenvalue weighted by atomic mass is 35.5. The summed E-state index contributed by atoms with van der Waals surface area (Å²) in [6.45, 7) is 3.82. The van der Waals surface area contributed by atoms with Gasteiger partial charge in [0.1, 0.15) is 11.5 Å². The Labute approximate surface area is 366 Å². The maximum atomic E-state index is 15.4. The van der Waals surface area contributed by atoms with Crippen LogP contribution < -0.4 is 24.6 Å². The zero-order chi connectivity index (χ0) is 43.4. The first kappa shape index (κ1) is 39.7. The lowest BCUT2D eigenvalue weighted by atomic mass is 9.51. The third-order valence-electron chi connectivity index (χ3n) is 13.5. The molecule has 0 spiro atoms. The molecule has 4 aliphatic rings. The molecule has 10 rings (SSSR count). The van der Waals surface area contributed by atoms with E-state index in [2.05, 4.69) is 5.32 Å². The van der Waals surface area contributed by atoms with E-state index in [-0.39, 0.29) is 41.9 Å². The van der Waals surface area contributed by atoms with E-state index in [0.29, 0.717) is 27.8 Å². The topological polar surface area (TPSA) is 143 Å². The number of amides is 4. The predicted octanol–water partition coefficient (Wildman–Crippen LogP) is 9.17. The van der Waals surface area contributed by atoms with Gasteiger partial charge >= 0.3 is 0 Å². The number of carbonyl (C=O) groups excluding carboxylic acids is 4. The zero-order valence-corrected chi connectivity index (χ0v) is 36.1. The lowest BCUT2D eigenvalue weighted by Crippen LogP contribution is -2.49. The fourth-order valence-corrected chi connectivity index (χ4v) is 11.9. The number of aryl methyl sites for hydroxylation is 2. The molecule has 6 atom stereocenters. The summed E-state index contributed by atoms with van der Waals surface area (Å²) in [7, 11) is 4.57. The number of nitrogens with zero attached hydrogens (tertiary/aromatic N) is 4. The van der Waals surface area contributed by atoms with Crippen LogP contribution in [0, 0.1) is 36.0 Å². The van der Waals surface area contributed by atoms with E-state index in [9.17, 15) is 14.7 Å². The summed E-state index contributed by atoms with van der Waals surface area (Å²) in [6.07, 6.45) is 2.43. The van der Waals surface area contributed by atoms with Gasteiger partial charge in [0, 0.05) is 40.1 Å². The summed E-state index contributed by atoms with van der Waals surface area (Å²) in [5.41, 5.74) is 3.76. The number of thiophene rings is 1.